The lowest BCUT2D eigenvalue weighted by Crippen LogP contribution is -2.54. The zero-order valence-corrected chi connectivity index (χ0v) is 21.9. The van der Waals surface area contributed by atoms with E-state index in [9.17, 15) is 23.1 Å². The quantitative estimate of drug-likeness (QED) is 0.510. The van der Waals surface area contributed by atoms with Crippen molar-refractivity contribution in [2.75, 3.05) is 13.1 Å². The number of β-amino-alcohol motifs (C(OH)–C–C–N with tert-alkyl or cyclic N) is 1. The lowest BCUT2D eigenvalue weighted by Gasteiger charge is -2.28. The molecule has 1 aromatic carbocycles. The van der Waals surface area contributed by atoms with Gasteiger partial charge in [0.05, 0.1) is 17.0 Å². The molecule has 3 N–H and O–H groups in total. The Morgan fingerprint density at radius 3 is 2.56 bits per heavy atom. The standard InChI is InChI=1S/C23H36ClN3O6S/c1-15(2)12-19(26-22(30)33-23(3,4)5)21(29)25-18-10-7-11-27(14-20(18)28)34(31,32)17-9-6-8-16(24)13-17/h6,8-9,13,15,18-20,28H,7,10-12,14H2,1-5H3,(H,25,29)(H,26,30)/t18?,19?,20-/m0/s1. The summed E-state index contributed by atoms with van der Waals surface area (Å²) in [6, 6.07) is 4.45. The molecule has 2 unspecified atom stereocenters. The molecule has 34 heavy (non-hydrogen) atoms. The molecule has 0 radical (unpaired) electrons. The van der Waals surface area contributed by atoms with Crippen LogP contribution in [0.1, 0.15) is 53.9 Å². The van der Waals surface area contributed by atoms with Gasteiger partial charge < -0.3 is 20.5 Å². The summed E-state index contributed by atoms with van der Waals surface area (Å²) in [7, 11) is -3.86. The van der Waals surface area contributed by atoms with Gasteiger partial charge in [-0.05, 0) is 64.2 Å². The third kappa shape index (κ3) is 8.41. The van der Waals surface area contributed by atoms with E-state index >= 15 is 0 Å². The number of rotatable bonds is 7. The lowest BCUT2D eigenvalue weighted by atomic mass is 10.0. The van der Waals surface area contributed by atoms with Crippen molar-refractivity contribution in [1.82, 2.24) is 14.9 Å². The van der Waals surface area contributed by atoms with Crippen LogP contribution in [-0.2, 0) is 19.6 Å². The monoisotopic (exact) mass is 517 g/mol. The van der Waals surface area contributed by atoms with E-state index in [1.165, 1.54) is 16.4 Å². The van der Waals surface area contributed by atoms with E-state index in [-0.39, 0.29) is 23.9 Å². The highest BCUT2D eigenvalue weighted by molar-refractivity contribution is 7.89. The normalized spacial score (nSPS) is 20.9. The van der Waals surface area contributed by atoms with Crippen LogP contribution >= 0.6 is 11.6 Å². The molecule has 2 rings (SSSR count). The molecule has 1 aliphatic rings. The molecule has 0 bridgehead atoms. The van der Waals surface area contributed by atoms with E-state index in [0.29, 0.717) is 24.3 Å². The third-order valence-corrected chi connectivity index (χ3v) is 7.35. The van der Waals surface area contributed by atoms with Crippen LogP contribution in [-0.4, -0.2) is 66.7 Å². The minimum atomic E-state index is -3.86. The molecule has 2 amide bonds. The van der Waals surface area contributed by atoms with Crippen molar-refractivity contribution in [3.05, 3.63) is 29.3 Å². The van der Waals surface area contributed by atoms with Crippen LogP contribution < -0.4 is 10.6 Å². The Morgan fingerprint density at radius 1 is 1.29 bits per heavy atom. The Balaban J connectivity index is 2.09. The number of hydrogen-bond acceptors (Lipinski definition) is 6. The van der Waals surface area contributed by atoms with Gasteiger partial charge in [-0.1, -0.05) is 31.5 Å². The number of aliphatic hydroxyl groups is 1. The Labute approximate surface area is 207 Å². The SMILES string of the molecule is CC(C)CC(NC(=O)OC(C)(C)C)C(=O)NC1CCCN(S(=O)(=O)c2cccc(Cl)c2)C[C@@H]1O. The van der Waals surface area contributed by atoms with Crippen molar-refractivity contribution in [3.63, 3.8) is 0 Å². The zero-order chi connectivity index (χ0) is 25.7. The van der Waals surface area contributed by atoms with E-state index in [1.807, 2.05) is 13.8 Å². The number of carbonyl (C=O) groups excluding carboxylic acids is 2. The highest BCUT2D eigenvalue weighted by Gasteiger charge is 2.35. The van der Waals surface area contributed by atoms with Gasteiger partial charge >= 0.3 is 6.09 Å². The van der Waals surface area contributed by atoms with Crippen LogP contribution in [0.4, 0.5) is 4.79 Å². The molecular formula is C23H36ClN3O6S. The minimum absolute atomic E-state index is 0.0493. The lowest BCUT2D eigenvalue weighted by molar-refractivity contribution is -0.125. The van der Waals surface area contributed by atoms with E-state index in [1.54, 1.807) is 32.9 Å². The second kappa shape index (κ2) is 11.7. The number of nitrogens with one attached hydrogen (secondary N) is 2. The van der Waals surface area contributed by atoms with Gasteiger partial charge in [0.15, 0.2) is 0 Å². The Bertz CT molecular complexity index is 964. The Hall–Kier alpha value is -1.88. The van der Waals surface area contributed by atoms with Gasteiger partial charge in [0.2, 0.25) is 15.9 Å². The van der Waals surface area contributed by atoms with Gasteiger partial charge in [-0.2, -0.15) is 4.31 Å². The van der Waals surface area contributed by atoms with Gasteiger partial charge in [-0.15, -0.1) is 0 Å². The van der Waals surface area contributed by atoms with Crippen LogP contribution in [0.3, 0.4) is 0 Å². The molecule has 11 heteroatoms. The van der Waals surface area contributed by atoms with E-state index in [2.05, 4.69) is 10.6 Å². The van der Waals surface area contributed by atoms with Gasteiger partial charge in [0.25, 0.3) is 0 Å². The molecule has 0 saturated carbocycles. The number of aliphatic hydroxyl groups excluding tert-OH is 1. The molecule has 9 nitrogen and oxygen atoms in total. The van der Waals surface area contributed by atoms with Crippen LogP contribution in [0.5, 0.6) is 0 Å². The predicted octanol–water partition coefficient (Wildman–Crippen LogP) is 2.91. The largest absolute Gasteiger partial charge is 0.444 e. The summed E-state index contributed by atoms with van der Waals surface area (Å²) in [5, 5.41) is 16.5. The second-order valence-corrected chi connectivity index (χ2v) is 12.3. The maximum Gasteiger partial charge on any atom is 0.408 e. The zero-order valence-electron chi connectivity index (χ0n) is 20.4. The first-order valence-corrected chi connectivity index (χ1v) is 13.2. The molecule has 1 aliphatic heterocycles. The average molecular weight is 518 g/mol. The Morgan fingerprint density at radius 2 is 1.97 bits per heavy atom. The van der Waals surface area contributed by atoms with Crippen molar-refractivity contribution in [2.45, 2.75) is 82.6 Å². The molecule has 1 heterocycles. The molecule has 0 aromatic heterocycles. The van der Waals surface area contributed by atoms with Crippen LogP contribution in [0.15, 0.2) is 29.2 Å². The topological polar surface area (TPSA) is 125 Å². The van der Waals surface area contributed by atoms with Crippen molar-refractivity contribution in [2.24, 2.45) is 5.92 Å². The van der Waals surface area contributed by atoms with Crippen molar-refractivity contribution < 1.29 is 27.9 Å². The number of ether oxygens (including phenoxy) is 1. The molecule has 1 aromatic rings. The fourth-order valence-corrected chi connectivity index (χ4v) is 5.50. The smallest absolute Gasteiger partial charge is 0.408 e. The van der Waals surface area contributed by atoms with Gasteiger partial charge in [0, 0.05) is 18.1 Å². The maximum atomic E-state index is 13.0. The molecule has 1 fully saturated rings. The first-order chi connectivity index (χ1) is 15.7. The number of hydrogen-bond donors (Lipinski definition) is 3. The summed E-state index contributed by atoms with van der Waals surface area (Å²) >= 11 is 5.95. The van der Waals surface area contributed by atoms with E-state index in [0.717, 1.165) is 0 Å². The highest BCUT2D eigenvalue weighted by Crippen LogP contribution is 2.23. The van der Waals surface area contributed by atoms with Crippen LogP contribution in [0.25, 0.3) is 0 Å². The second-order valence-electron chi connectivity index (χ2n) is 9.97. The van der Waals surface area contributed by atoms with Crippen molar-refractivity contribution in [1.29, 1.82) is 0 Å². The summed E-state index contributed by atoms with van der Waals surface area (Å²) in [4.78, 5) is 25.3. The number of amides is 2. The summed E-state index contributed by atoms with van der Waals surface area (Å²) in [5.41, 5.74) is -0.710. The molecule has 0 aliphatic carbocycles. The number of nitrogens with zero attached hydrogens (tertiary/aromatic N) is 1. The first kappa shape index (κ1) is 28.4. The van der Waals surface area contributed by atoms with Gasteiger partial charge in [-0.3, -0.25) is 4.79 Å². The number of benzene rings is 1. The van der Waals surface area contributed by atoms with E-state index in [4.69, 9.17) is 16.3 Å². The van der Waals surface area contributed by atoms with Crippen LogP contribution in [0, 0.1) is 5.92 Å². The summed E-state index contributed by atoms with van der Waals surface area (Å²) in [6.45, 7) is 9.07. The number of alkyl carbamates (subject to hydrolysis) is 1. The molecular weight excluding hydrogens is 482 g/mol. The molecule has 192 valence electrons. The summed E-state index contributed by atoms with van der Waals surface area (Å²) in [6.07, 6.45) is -0.621. The number of carbonyl (C=O) groups is 2. The first-order valence-electron chi connectivity index (χ1n) is 11.4. The van der Waals surface area contributed by atoms with Crippen molar-refractivity contribution in [3.8, 4) is 0 Å². The van der Waals surface area contributed by atoms with Gasteiger partial charge in [-0.25, -0.2) is 13.2 Å². The molecule has 3 atom stereocenters. The van der Waals surface area contributed by atoms with Crippen LogP contribution in [0.2, 0.25) is 5.02 Å². The molecule has 0 spiro atoms. The van der Waals surface area contributed by atoms with Crippen molar-refractivity contribution >= 4 is 33.6 Å². The Kier molecular flexibility index (Phi) is 9.76. The summed E-state index contributed by atoms with van der Waals surface area (Å²) < 4.78 is 32.6. The predicted molar refractivity (Wildman–Crippen MR) is 130 cm³/mol. The maximum absolute atomic E-state index is 13.0. The minimum Gasteiger partial charge on any atom is -0.444 e. The number of halogens is 1. The fourth-order valence-electron chi connectivity index (χ4n) is 3.71. The third-order valence-electron chi connectivity index (χ3n) is 5.25. The summed E-state index contributed by atoms with van der Waals surface area (Å²) in [5.74, 6) is -0.335. The fraction of sp³-hybridized carbons (Fsp3) is 0.652. The molecule has 1 saturated heterocycles. The number of sulfonamides is 1. The van der Waals surface area contributed by atoms with E-state index < -0.39 is 45.8 Å². The average Bonchev–Trinajstić information content (AvgIpc) is 2.87. The highest BCUT2D eigenvalue weighted by atomic mass is 35.5. The van der Waals surface area contributed by atoms with Gasteiger partial charge in [0.1, 0.15) is 11.6 Å².